The van der Waals surface area contributed by atoms with E-state index in [1.165, 1.54) is 0 Å². The maximum Gasteiger partial charge on any atom is 0.321 e. The molecule has 0 spiro atoms. The summed E-state index contributed by atoms with van der Waals surface area (Å²) in [6.07, 6.45) is 0.857. The van der Waals surface area contributed by atoms with Gasteiger partial charge in [-0.05, 0) is 37.6 Å². The fraction of sp³-hybridized carbons (Fsp3) is 0.375. The Morgan fingerprint density at radius 1 is 1.32 bits per heavy atom. The normalized spacial score (nSPS) is 10.5. The van der Waals surface area contributed by atoms with Crippen molar-refractivity contribution in [2.45, 2.75) is 20.3 Å². The van der Waals surface area contributed by atoms with E-state index < -0.39 is 0 Å². The van der Waals surface area contributed by atoms with Crippen LogP contribution in [0.3, 0.4) is 0 Å². The van der Waals surface area contributed by atoms with Gasteiger partial charge in [-0.15, -0.1) is 11.3 Å². The van der Waals surface area contributed by atoms with Gasteiger partial charge in [0.05, 0.1) is 6.61 Å². The predicted molar refractivity (Wildman–Crippen MR) is 90.3 cm³/mol. The van der Waals surface area contributed by atoms with E-state index in [4.69, 9.17) is 5.11 Å². The Balaban J connectivity index is 2.02. The quantitative estimate of drug-likeness (QED) is 0.858. The zero-order valence-corrected chi connectivity index (χ0v) is 13.7. The number of aromatic nitrogens is 1. The van der Waals surface area contributed by atoms with Gasteiger partial charge in [0.25, 0.3) is 0 Å². The summed E-state index contributed by atoms with van der Waals surface area (Å²) >= 11 is 1.61. The van der Waals surface area contributed by atoms with Crippen molar-refractivity contribution in [2.75, 3.05) is 25.0 Å². The highest BCUT2D eigenvalue weighted by Crippen LogP contribution is 2.24. The summed E-state index contributed by atoms with van der Waals surface area (Å²) in [5.74, 6) is 0. The third-order valence-corrected chi connectivity index (χ3v) is 4.16. The molecule has 0 aliphatic heterocycles. The Morgan fingerprint density at radius 2 is 2.05 bits per heavy atom. The van der Waals surface area contributed by atoms with Gasteiger partial charge in [0.2, 0.25) is 0 Å². The minimum Gasteiger partial charge on any atom is -0.395 e. The molecule has 0 unspecified atom stereocenters. The lowest BCUT2D eigenvalue weighted by atomic mass is 10.2. The molecule has 118 valence electrons. The average Bonchev–Trinajstić information content (AvgIpc) is 2.94. The van der Waals surface area contributed by atoms with Crippen molar-refractivity contribution in [3.05, 3.63) is 35.3 Å². The molecule has 0 saturated carbocycles. The molecule has 0 saturated heterocycles. The van der Waals surface area contributed by atoms with Crippen LogP contribution in [0.1, 0.15) is 19.0 Å². The number of hydrogen-bond donors (Lipinski definition) is 2. The minimum absolute atomic E-state index is 0.0320. The third kappa shape index (κ3) is 4.29. The first kappa shape index (κ1) is 16.5. The van der Waals surface area contributed by atoms with Crippen LogP contribution in [0.4, 0.5) is 10.5 Å². The van der Waals surface area contributed by atoms with Crippen LogP contribution in [-0.4, -0.2) is 40.7 Å². The van der Waals surface area contributed by atoms with Crippen molar-refractivity contribution in [2.24, 2.45) is 0 Å². The van der Waals surface area contributed by atoms with Crippen molar-refractivity contribution in [1.29, 1.82) is 0 Å². The summed E-state index contributed by atoms with van der Waals surface area (Å²) in [5, 5.41) is 14.9. The van der Waals surface area contributed by atoms with Gasteiger partial charge < -0.3 is 15.3 Å². The number of rotatable bonds is 6. The lowest BCUT2D eigenvalue weighted by molar-refractivity contribution is 0.188. The largest absolute Gasteiger partial charge is 0.395 e. The first-order chi connectivity index (χ1) is 10.6. The SMILES string of the molecule is CCCN(CCO)C(=O)Nc1ccc(-c2nc(C)cs2)cc1. The van der Waals surface area contributed by atoms with Crippen LogP contribution in [-0.2, 0) is 0 Å². The summed E-state index contributed by atoms with van der Waals surface area (Å²) in [5.41, 5.74) is 2.79. The molecule has 0 atom stereocenters. The lowest BCUT2D eigenvalue weighted by Crippen LogP contribution is -2.37. The number of nitrogens with zero attached hydrogens (tertiary/aromatic N) is 2. The molecule has 5 nitrogen and oxygen atoms in total. The number of carbonyl (C=O) groups is 1. The summed E-state index contributed by atoms with van der Waals surface area (Å²) in [6.45, 7) is 4.91. The van der Waals surface area contributed by atoms with E-state index in [2.05, 4.69) is 10.3 Å². The monoisotopic (exact) mass is 319 g/mol. The van der Waals surface area contributed by atoms with E-state index in [0.29, 0.717) is 13.1 Å². The molecule has 0 aliphatic carbocycles. The van der Waals surface area contributed by atoms with Crippen LogP contribution in [0.5, 0.6) is 0 Å². The Labute approximate surface area is 134 Å². The second-order valence-corrected chi connectivity index (χ2v) is 5.87. The number of amides is 2. The maximum absolute atomic E-state index is 12.1. The number of anilines is 1. The number of carbonyl (C=O) groups excluding carboxylic acids is 1. The Bertz CT molecular complexity index is 604. The predicted octanol–water partition coefficient (Wildman–Crippen LogP) is 3.35. The van der Waals surface area contributed by atoms with Gasteiger partial charge in [0.15, 0.2) is 0 Å². The molecule has 1 aromatic heterocycles. The zero-order chi connectivity index (χ0) is 15.9. The van der Waals surface area contributed by atoms with E-state index in [9.17, 15) is 4.79 Å². The van der Waals surface area contributed by atoms with Crippen molar-refractivity contribution in [3.63, 3.8) is 0 Å². The molecule has 0 aliphatic rings. The Hall–Kier alpha value is -1.92. The number of aliphatic hydroxyl groups is 1. The average molecular weight is 319 g/mol. The van der Waals surface area contributed by atoms with Gasteiger partial charge in [0, 0.05) is 35.4 Å². The third-order valence-electron chi connectivity index (χ3n) is 3.15. The van der Waals surface area contributed by atoms with Crippen molar-refractivity contribution in [1.82, 2.24) is 9.88 Å². The fourth-order valence-electron chi connectivity index (χ4n) is 2.09. The smallest absolute Gasteiger partial charge is 0.321 e. The number of aliphatic hydroxyl groups excluding tert-OH is 1. The second-order valence-electron chi connectivity index (χ2n) is 5.01. The van der Waals surface area contributed by atoms with E-state index >= 15 is 0 Å². The Kier molecular flexibility index (Phi) is 5.91. The summed E-state index contributed by atoms with van der Waals surface area (Å²) in [7, 11) is 0. The maximum atomic E-state index is 12.1. The highest BCUT2D eigenvalue weighted by molar-refractivity contribution is 7.13. The van der Waals surface area contributed by atoms with Gasteiger partial charge in [-0.25, -0.2) is 9.78 Å². The van der Waals surface area contributed by atoms with Gasteiger partial charge in [-0.1, -0.05) is 6.92 Å². The molecule has 2 rings (SSSR count). The standard InChI is InChI=1S/C16H21N3O2S/c1-3-8-19(9-10-20)16(21)18-14-6-4-13(5-7-14)15-17-12(2)11-22-15/h4-7,11,20H,3,8-10H2,1-2H3,(H,18,21). The first-order valence-corrected chi connectivity index (χ1v) is 8.21. The van der Waals surface area contributed by atoms with Crippen LogP contribution >= 0.6 is 11.3 Å². The van der Waals surface area contributed by atoms with E-state index in [1.807, 2.05) is 43.5 Å². The summed E-state index contributed by atoms with van der Waals surface area (Å²) in [4.78, 5) is 18.2. The molecule has 6 heteroatoms. The van der Waals surface area contributed by atoms with Crippen LogP contribution in [0.25, 0.3) is 10.6 Å². The van der Waals surface area contributed by atoms with Gasteiger partial charge in [-0.3, -0.25) is 0 Å². The summed E-state index contributed by atoms with van der Waals surface area (Å²) < 4.78 is 0. The topological polar surface area (TPSA) is 65.5 Å². The van der Waals surface area contributed by atoms with Crippen LogP contribution in [0.2, 0.25) is 0 Å². The van der Waals surface area contributed by atoms with Crippen molar-refractivity contribution >= 4 is 23.1 Å². The molecule has 1 aromatic carbocycles. The number of thiazole rings is 1. The number of nitrogens with one attached hydrogen (secondary N) is 1. The molecule has 2 amide bonds. The molecule has 1 heterocycles. The minimum atomic E-state index is -0.186. The molecule has 22 heavy (non-hydrogen) atoms. The molecule has 0 fully saturated rings. The fourth-order valence-corrected chi connectivity index (χ4v) is 2.89. The number of hydrogen-bond acceptors (Lipinski definition) is 4. The van der Waals surface area contributed by atoms with E-state index in [0.717, 1.165) is 28.4 Å². The number of aryl methyl sites for hydroxylation is 1. The van der Waals surface area contributed by atoms with Crippen LogP contribution in [0.15, 0.2) is 29.6 Å². The highest BCUT2D eigenvalue weighted by atomic mass is 32.1. The number of benzene rings is 1. The van der Waals surface area contributed by atoms with Crippen molar-refractivity contribution < 1.29 is 9.90 Å². The second kappa shape index (κ2) is 7.91. The Morgan fingerprint density at radius 3 is 2.59 bits per heavy atom. The molecule has 0 bridgehead atoms. The van der Waals surface area contributed by atoms with Gasteiger partial charge >= 0.3 is 6.03 Å². The highest BCUT2D eigenvalue weighted by Gasteiger charge is 2.12. The van der Waals surface area contributed by atoms with E-state index in [1.54, 1.807) is 16.2 Å². The molecule has 2 N–H and O–H groups in total. The molecule has 0 radical (unpaired) electrons. The number of urea groups is 1. The summed E-state index contributed by atoms with van der Waals surface area (Å²) in [6, 6.07) is 7.45. The zero-order valence-electron chi connectivity index (χ0n) is 12.9. The van der Waals surface area contributed by atoms with Gasteiger partial charge in [-0.2, -0.15) is 0 Å². The molecule has 2 aromatic rings. The first-order valence-electron chi connectivity index (χ1n) is 7.33. The van der Waals surface area contributed by atoms with Crippen LogP contribution in [0, 0.1) is 6.92 Å². The molecular formula is C16H21N3O2S. The van der Waals surface area contributed by atoms with Crippen LogP contribution < -0.4 is 5.32 Å². The lowest BCUT2D eigenvalue weighted by Gasteiger charge is -2.21. The molecular weight excluding hydrogens is 298 g/mol. The van der Waals surface area contributed by atoms with Gasteiger partial charge in [0.1, 0.15) is 5.01 Å². The van der Waals surface area contributed by atoms with Crippen molar-refractivity contribution in [3.8, 4) is 10.6 Å². The van der Waals surface area contributed by atoms with E-state index in [-0.39, 0.29) is 12.6 Å².